The number of carbonyl (C=O) groups is 3. The van der Waals surface area contributed by atoms with Gasteiger partial charge >= 0.3 is 5.97 Å². The normalized spacial score (nSPS) is 33.4. The number of likely N-dealkylation sites (tertiary alicyclic amines) is 1. The fourth-order valence-electron chi connectivity index (χ4n) is 5.50. The van der Waals surface area contributed by atoms with Crippen molar-refractivity contribution in [2.75, 3.05) is 54.0 Å². The monoisotopic (exact) mass is 481 g/mol. The first-order chi connectivity index (χ1) is 16.1. The first-order valence-electron chi connectivity index (χ1n) is 12.7. The summed E-state index contributed by atoms with van der Waals surface area (Å²) in [5.74, 6) is -1.22. The van der Waals surface area contributed by atoms with Crippen molar-refractivity contribution < 1.29 is 29.0 Å². The smallest absolute Gasteiger partial charge is 0.316 e. The van der Waals surface area contributed by atoms with E-state index in [1.807, 2.05) is 16.8 Å². The van der Waals surface area contributed by atoms with Crippen molar-refractivity contribution in [2.24, 2.45) is 5.92 Å². The molecule has 3 rings (SSSR count). The highest BCUT2D eigenvalue weighted by molar-refractivity contribution is 5.98. The summed E-state index contributed by atoms with van der Waals surface area (Å²) >= 11 is 0. The number of likely N-dealkylation sites (N-methyl/N-ethyl adjacent to an activating group) is 2. The maximum Gasteiger partial charge on any atom is 0.316 e. The minimum absolute atomic E-state index is 0.0141. The molecule has 1 N–H and O–H groups in total. The van der Waals surface area contributed by atoms with Crippen molar-refractivity contribution in [1.29, 1.82) is 0 Å². The first kappa shape index (κ1) is 27.0. The van der Waals surface area contributed by atoms with Crippen LogP contribution in [0.2, 0.25) is 0 Å². The zero-order chi connectivity index (χ0) is 24.9. The number of aliphatic hydroxyl groups is 1. The van der Waals surface area contributed by atoms with Crippen molar-refractivity contribution in [3.63, 3.8) is 0 Å². The Hall–Kier alpha value is -1.55. The highest BCUT2D eigenvalue weighted by Gasteiger charge is 2.42. The van der Waals surface area contributed by atoms with Gasteiger partial charge in [-0.3, -0.25) is 24.2 Å². The molecule has 0 aromatic carbocycles. The Labute approximate surface area is 203 Å². The molecular formula is C25H43N3O6. The topological polar surface area (TPSA) is 99.6 Å². The summed E-state index contributed by atoms with van der Waals surface area (Å²) in [6.07, 6.45) is 5.78. The fraction of sp³-hybridized carbons (Fsp3) is 0.880. The zero-order valence-electron chi connectivity index (χ0n) is 21.3. The molecule has 1 aliphatic carbocycles. The van der Waals surface area contributed by atoms with E-state index < -0.39 is 11.9 Å². The lowest BCUT2D eigenvalue weighted by molar-refractivity contribution is -0.156. The molecule has 0 aromatic rings. The van der Waals surface area contributed by atoms with E-state index >= 15 is 0 Å². The first-order valence-corrected chi connectivity index (χ1v) is 12.7. The van der Waals surface area contributed by atoms with Crippen molar-refractivity contribution in [2.45, 2.75) is 82.1 Å². The molecule has 0 bridgehead atoms. The van der Waals surface area contributed by atoms with E-state index in [-0.39, 0.29) is 42.1 Å². The lowest BCUT2D eigenvalue weighted by atomic mass is 9.78. The number of cyclic esters (lactones) is 1. The van der Waals surface area contributed by atoms with Crippen LogP contribution >= 0.6 is 0 Å². The number of Topliss-reactive ketones (excluding diaryl/α,β-unsaturated/α-hetero) is 1. The number of ketones is 1. The highest BCUT2D eigenvalue weighted by atomic mass is 16.5. The molecule has 2 heterocycles. The Balaban J connectivity index is 1.63. The van der Waals surface area contributed by atoms with Crippen molar-refractivity contribution in [1.82, 2.24) is 14.7 Å². The average molecular weight is 482 g/mol. The van der Waals surface area contributed by atoms with Crippen LogP contribution in [0.1, 0.15) is 58.3 Å². The predicted octanol–water partition coefficient (Wildman–Crippen LogP) is 1.07. The molecule has 1 spiro atoms. The molecular weight excluding hydrogens is 438 g/mol. The SMILES string of the molecule is COC1CCCN(C)C2(CCC(N(C)C(=O)CN3CC(O)C3)CC2)COC(=O)C(C)C(=O)CC1. The van der Waals surface area contributed by atoms with E-state index in [1.54, 1.807) is 14.0 Å². The second-order valence-corrected chi connectivity index (χ2v) is 10.6. The summed E-state index contributed by atoms with van der Waals surface area (Å²) < 4.78 is 11.3. The van der Waals surface area contributed by atoms with E-state index in [2.05, 4.69) is 11.9 Å². The molecule has 1 saturated carbocycles. The van der Waals surface area contributed by atoms with Crippen LogP contribution in [0.15, 0.2) is 0 Å². The van der Waals surface area contributed by atoms with E-state index in [4.69, 9.17) is 9.47 Å². The zero-order valence-corrected chi connectivity index (χ0v) is 21.3. The van der Waals surface area contributed by atoms with Gasteiger partial charge in [-0.1, -0.05) is 0 Å². The Morgan fingerprint density at radius 3 is 2.50 bits per heavy atom. The summed E-state index contributed by atoms with van der Waals surface area (Å²) in [6, 6.07) is 0.149. The summed E-state index contributed by atoms with van der Waals surface area (Å²) in [6.45, 7) is 4.24. The van der Waals surface area contributed by atoms with Gasteiger partial charge in [0.25, 0.3) is 0 Å². The fourth-order valence-corrected chi connectivity index (χ4v) is 5.50. The van der Waals surface area contributed by atoms with Crippen LogP contribution in [0.3, 0.4) is 0 Å². The number of hydrogen-bond donors (Lipinski definition) is 1. The molecule has 1 amide bonds. The van der Waals surface area contributed by atoms with Gasteiger partial charge < -0.3 is 19.5 Å². The number of esters is 1. The number of carbonyl (C=O) groups excluding carboxylic acids is 3. The van der Waals surface area contributed by atoms with E-state index in [1.165, 1.54) is 0 Å². The number of β-amino-alcohol motifs (C(OH)–C–C–N with tert-alkyl or cyclic N) is 1. The molecule has 34 heavy (non-hydrogen) atoms. The number of methoxy groups -OCH3 is 1. The third-order valence-electron chi connectivity index (χ3n) is 8.32. The molecule has 194 valence electrons. The third-order valence-corrected chi connectivity index (χ3v) is 8.32. The van der Waals surface area contributed by atoms with Gasteiger partial charge in [0.05, 0.1) is 24.3 Å². The summed E-state index contributed by atoms with van der Waals surface area (Å²) in [5.41, 5.74) is -0.295. The Morgan fingerprint density at radius 1 is 1.21 bits per heavy atom. The summed E-state index contributed by atoms with van der Waals surface area (Å²) in [5, 5.41) is 9.46. The van der Waals surface area contributed by atoms with Gasteiger partial charge in [-0.25, -0.2) is 0 Å². The van der Waals surface area contributed by atoms with Crippen LogP contribution < -0.4 is 0 Å². The quantitative estimate of drug-likeness (QED) is 0.470. The van der Waals surface area contributed by atoms with Crippen LogP contribution in [0.4, 0.5) is 0 Å². The highest BCUT2D eigenvalue weighted by Crippen LogP contribution is 2.36. The van der Waals surface area contributed by atoms with Gasteiger partial charge in [-0.05, 0) is 65.5 Å². The van der Waals surface area contributed by atoms with E-state index in [0.717, 1.165) is 45.1 Å². The lowest BCUT2D eigenvalue weighted by Crippen LogP contribution is -2.57. The number of amides is 1. The number of ether oxygens (including phenoxy) is 2. The minimum Gasteiger partial charge on any atom is -0.463 e. The number of aliphatic hydroxyl groups excluding tert-OH is 1. The maximum absolute atomic E-state index is 12.7. The van der Waals surface area contributed by atoms with Crippen molar-refractivity contribution >= 4 is 17.7 Å². The molecule has 9 nitrogen and oxygen atoms in total. The standard InChI is InChI=1S/C25H43N3O6/c1-18-22(30)8-7-21(33-4)6-5-13-26(2)25(17-34-24(18)32)11-9-19(10-12-25)27(3)23(31)16-28-14-20(29)15-28/h18-21,29H,5-17H2,1-4H3. The van der Waals surface area contributed by atoms with Crippen LogP contribution in [0.5, 0.6) is 0 Å². The molecule has 2 aliphatic heterocycles. The molecule has 0 aromatic heterocycles. The van der Waals surface area contributed by atoms with Crippen LogP contribution in [-0.4, -0.2) is 115 Å². The van der Waals surface area contributed by atoms with Gasteiger partial charge in [0.2, 0.25) is 5.91 Å². The molecule has 3 aliphatic rings. The lowest BCUT2D eigenvalue weighted by Gasteiger charge is -2.48. The Kier molecular flexibility index (Phi) is 9.49. The van der Waals surface area contributed by atoms with E-state index in [9.17, 15) is 19.5 Å². The minimum atomic E-state index is -0.763. The molecule has 9 heteroatoms. The maximum atomic E-state index is 12.7. The summed E-state index contributed by atoms with van der Waals surface area (Å²) in [7, 11) is 5.64. The van der Waals surface area contributed by atoms with Gasteiger partial charge in [0.1, 0.15) is 18.3 Å². The van der Waals surface area contributed by atoms with Gasteiger partial charge in [0.15, 0.2) is 0 Å². The predicted molar refractivity (Wildman–Crippen MR) is 127 cm³/mol. The van der Waals surface area contributed by atoms with Crippen molar-refractivity contribution in [3.05, 3.63) is 0 Å². The Bertz CT molecular complexity index is 717. The average Bonchev–Trinajstić information content (AvgIpc) is 2.82. The molecule has 2 atom stereocenters. The Morgan fingerprint density at radius 2 is 1.88 bits per heavy atom. The number of nitrogens with zero attached hydrogens (tertiary/aromatic N) is 3. The van der Waals surface area contributed by atoms with Crippen LogP contribution in [-0.2, 0) is 23.9 Å². The number of hydrogen-bond acceptors (Lipinski definition) is 8. The third kappa shape index (κ3) is 6.56. The van der Waals surface area contributed by atoms with Gasteiger partial charge in [-0.15, -0.1) is 0 Å². The van der Waals surface area contributed by atoms with Crippen molar-refractivity contribution in [3.8, 4) is 0 Å². The second-order valence-electron chi connectivity index (χ2n) is 10.6. The molecule has 2 saturated heterocycles. The number of rotatable bonds is 4. The van der Waals surface area contributed by atoms with E-state index in [0.29, 0.717) is 32.5 Å². The van der Waals surface area contributed by atoms with Crippen LogP contribution in [0.25, 0.3) is 0 Å². The van der Waals surface area contributed by atoms with Gasteiger partial charge in [-0.2, -0.15) is 0 Å². The van der Waals surface area contributed by atoms with Crippen LogP contribution in [0, 0.1) is 5.92 Å². The largest absolute Gasteiger partial charge is 0.463 e. The molecule has 2 unspecified atom stereocenters. The second kappa shape index (κ2) is 11.9. The molecule has 0 radical (unpaired) electrons. The van der Waals surface area contributed by atoms with Gasteiger partial charge in [0, 0.05) is 39.7 Å². The molecule has 3 fully saturated rings. The summed E-state index contributed by atoms with van der Waals surface area (Å²) in [4.78, 5) is 44.0.